The number of nitrogens with zero attached hydrogens (tertiary/aromatic N) is 1. The van der Waals surface area contributed by atoms with E-state index in [9.17, 15) is 14.7 Å². The van der Waals surface area contributed by atoms with Crippen LogP contribution in [0.1, 0.15) is 25.7 Å². The zero-order valence-corrected chi connectivity index (χ0v) is 15.2. The fraction of sp³-hybridized carbons (Fsp3) is 0.333. The molecular formula is C21H25N3O3. The first-order valence-corrected chi connectivity index (χ1v) is 9.31. The van der Waals surface area contributed by atoms with Crippen molar-refractivity contribution in [3.05, 3.63) is 54.6 Å². The molecule has 1 fully saturated rings. The van der Waals surface area contributed by atoms with Crippen LogP contribution in [-0.2, 0) is 9.59 Å². The lowest BCUT2D eigenvalue weighted by Gasteiger charge is -2.31. The molecule has 0 spiro atoms. The Morgan fingerprint density at radius 1 is 0.889 bits per heavy atom. The third-order valence-corrected chi connectivity index (χ3v) is 4.73. The smallest absolute Gasteiger partial charge is 0.321 e. The summed E-state index contributed by atoms with van der Waals surface area (Å²) in [6.45, 7) is 1.48. The van der Waals surface area contributed by atoms with E-state index in [-0.39, 0.29) is 12.3 Å². The van der Waals surface area contributed by atoms with Crippen molar-refractivity contribution in [1.82, 2.24) is 4.90 Å². The third kappa shape index (κ3) is 5.56. The highest BCUT2D eigenvalue weighted by atomic mass is 16.4. The number of anilines is 3. The predicted molar refractivity (Wildman–Crippen MR) is 106 cm³/mol. The fourth-order valence-corrected chi connectivity index (χ4v) is 3.32. The van der Waals surface area contributed by atoms with E-state index >= 15 is 0 Å². The van der Waals surface area contributed by atoms with Crippen LogP contribution in [0.25, 0.3) is 0 Å². The van der Waals surface area contributed by atoms with Crippen LogP contribution in [0.15, 0.2) is 54.6 Å². The number of amides is 1. The lowest BCUT2D eigenvalue weighted by Crippen LogP contribution is -2.45. The normalized spacial score (nSPS) is 15.7. The number of para-hydroxylation sites is 1. The molecule has 6 nitrogen and oxygen atoms in total. The van der Waals surface area contributed by atoms with Crippen molar-refractivity contribution in [3.63, 3.8) is 0 Å². The summed E-state index contributed by atoms with van der Waals surface area (Å²) in [6.07, 6.45) is 3.06. The molecule has 27 heavy (non-hydrogen) atoms. The second-order valence-electron chi connectivity index (χ2n) is 6.77. The largest absolute Gasteiger partial charge is 0.480 e. The summed E-state index contributed by atoms with van der Waals surface area (Å²) in [5.41, 5.74) is 2.55. The molecule has 2 aromatic rings. The molecule has 142 valence electrons. The van der Waals surface area contributed by atoms with E-state index < -0.39 is 12.0 Å². The van der Waals surface area contributed by atoms with E-state index in [1.165, 1.54) is 0 Å². The number of likely N-dealkylation sites (tertiary alicyclic amines) is 1. The number of carbonyl (C=O) groups is 2. The van der Waals surface area contributed by atoms with Gasteiger partial charge in [0.1, 0.15) is 6.04 Å². The first kappa shape index (κ1) is 18.9. The van der Waals surface area contributed by atoms with Crippen molar-refractivity contribution >= 4 is 28.9 Å². The van der Waals surface area contributed by atoms with E-state index in [1.54, 1.807) is 12.1 Å². The van der Waals surface area contributed by atoms with E-state index in [1.807, 2.05) is 47.4 Å². The summed E-state index contributed by atoms with van der Waals surface area (Å²) in [7, 11) is 0. The van der Waals surface area contributed by atoms with Crippen molar-refractivity contribution in [2.24, 2.45) is 0 Å². The maximum atomic E-state index is 12.3. The molecule has 1 aliphatic rings. The van der Waals surface area contributed by atoms with Crippen LogP contribution in [0.5, 0.6) is 0 Å². The number of carbonyl (C=O) groups excluding carboxylic acids is 1. The van der Waals surface area contributed by atoms with Crippen molar-refractivity contribution in [1.29, 1.82) is 0 Å². The van der Waals surface area contributed by atoms with E-state index in [2.05, 4.69) is 10.6 Å². The van der Waals surface area contributed by atoms with Crippen LogP contribution in [0.3, 0.4) is 0 Å². The maximum Gasteiger partial charge on any atom is 0.321 e. The SMILES string of the molecule is O=C(CC(C(=O)O)N1CCCCC1)Nc1ccc(Nc2ccccc2)cc1. The summed E-state index contributed by atoms with van der Waals surface area (Å²) >= 11 is 0. The molecule has 3 rings (SSSR count). The van der Waals surface area contributed by atoms with E-state index in [0.29, 0.717) is 5.69 Å². The highest BCUT2D eigenvalue weighted by Gasteiger charge is 2.29. The van der Waals surface area contributed by atoms with Crippen molar-refractivity contribution in [2.45, 2.75) is 31.7 Å². The molecule has 1 aliphatic heterocycles. The number of rotatable bonds is 7. The quantitative estimate of drug-likeness (QED) is 0.695. The number of carboxylic acids is 1. The Kier molecular flexibility index (Phi) is 6.44. The van der Waals surface area contributed by atoms with Gasteiger partial charge in [0.05, 0.1) is 6.42 Å². The first-order chi connectivity index (χ1) is 13.1. The number of carboxylic acid groups (broad SMARTS) is 1. The lowest BCUT2D eigenvalue weighted by atomic mass is 10.1. The van der Waals surface area contributed by atoms with Gasteiger partial charge in [-0.05, 0) is 62.3 Å². The van der Waals surface area contributed by atoms with Gasteiger partial charge in [-0.15, -0.1) is 0 Å². The number of piperidine rings is 1. The molecule has 0 bridgehead atoms. The Morgan fingerprint density at radius 3 is 2.11 bits per heavy atom. The average molecular weight is 367 g/mol. The third-order valence-electron chi connectivity index (χ3n) is 4.73. The number of hydrogen-bond donors (Lipinski definition) is 3. The Labute approximate surface area is 159 Å². The Bertz CT molecular complexity index is 756. The molecule has 2 aromatic carbocycles. The van der Waals surface area contributed by atoms with Crippen molar-refractivity contribution in [2.75, 3.05) is 23.7 Å². The molecule has 0 radical (unpaired) electrons. The zero-order chi connectivity index (χ0) is 19.1. The van der Waals surface area contributed by atoms with Gasteiger partial charge in [0.15, 0.2) is 0 Å². The Hall–Kier alpha value is -2.86. The molecule has 1 amide bonds. The number of hydrogen-bond acceptors (Lipinski definition) is 4. The molecule has 3 N–H and O–H groups in total. The molecule has 0 saturated carbocycles. The van der Waals surface area contributed by atoms with Crippen LogP contribution in [0.2, 0.25) is 0 Å². The number of nitrogens with one attached hydrogen (secondary N) is 2. The van der Waals surface area contributed by atoms with E-state index in [4.69, 9.17) is 0 Å². The highest BCUT2D eigenvalue weighted by molar-refractivity contribution is 5.94. The van der Waals surface area contributed by atoms with Crippen LogP contribution in [0.4, 0.5) is 17.1 Å². The molecule has 1 saturated heterocycles. The molecule has 1 unspecified atom stereocenters. The number of benzene rings is 2. The van der Waals surface area contributed by atoms with Crippen LogP contribution >= 0.6 is 0 Å². The van der Waals surface area contributed by atoms with Gasteiger partial charge in [0.2, 0.25) is 5.91 Å². The summed E-state index contributed by atoms with van der Waals surface area (Å²) in [4.78, 5) is 25.8. The monoisotopic (exact) mass is 367 g/mol. The van der Waals surface area contributed by atoms with Gasteiger partial charge >= 0.3 is 5.97 Å². The van der Waals surface area contributed by atoms with Gasteiger partial charge in [-0.25, -0.2) is 0 Å². The van der Waals surface area contributed by atoms with Gasteiger partial charge < -0.3 is 15.7 Å². The van der Waals surface area contributed by atoms with Gasteiger partial charge in [-0.3, -0.25) is 14.5 Å². The van der Waals surface area contributed by atoms with Gasteiger partial charge in [0.25, 0.3) is 0 Å². The second kappa shape index (κ2) is 9.19. The molecule has 1 heterocycles. The predicted octanol–water partition coefficient (Wildman–Crippen LogP) is 3.70. The Balaban J connectivity index is 1.55. The first-order valence-electron chi connectivity index (χ1n) is 9.31. The van der Waals surface area contributed by atoms with Gasteiger partial charge in [-0.1, -0.05) is 24.6 Å². The number of aliphatic carboxylic acids is 1. The van der Waals surface area contributed by atoms with Gasteiger partial charge in [0, 0.05) is 17.1 Å². The summed E-state index contributed by atoms with van der Waals surface area (Å²) in [6, 6.07) is 16.4. The topological polar surface area (TPSA) is 81.7 Å². The van der Waals surface area contributed by atoms with Crippen molar-refractivity contribution < 1.29 is 14.7 Å². The summed E-state index contributed by atoms with van der Waals surface area (Å²) in [5.74, 6) is -1.22. The molecular weight excluding hydrogens is 342 g/mol. The molecule has 1 atom stereocenters. The van der Waals surface area contributed by atoms with Gasteiger partial charge in [-0.2, -0.15) is 0 Å². The summed E-state index contributed by atoms with van der Waals surface area (Å²) in [5, 5.41) is 15.6. The maximum absolute atomic E-state index is 12.3. The molecule has 6 heteroatoms. The summed E-state index contributed by atoms with van der Waals surface area (Å²) < 4.78 is 0. The van der Waals surface area contributed by atoms with E-state index in [0.717, 1.165) is 43.7 Å². The highest BCUT2D eigenvalue weighted by Crippen LogP contribution is 2.20. The zero-order valence-electron chi connectivity index (χ0n) is 15.2. The minimum absolute atomic E-state index is 0.0423. The standard InChI is InChI=1S/C21H25N3O3/c25-20(15-19(21(26)27)24-13-5-2-6-14-24)23-18-11-9-17(10-12-18)22-16-7-3-1-4-8-16/h1,3-4,7-12,19,22H,2,5-6,13-15H2,(H,23,25)(H,26,27). The molecule has 0 aromatic heterocycles. The minimum Gasteiger partial charge on any atom is -0.480 e. The van der Waals surface area contributed by atoms with Crippen molar-refractivity contribution in [3.8, 4) is 0 Å². The van der Waals surface area contributed by atoms with Crippen LogP contribution < -0.4 is 10.6 Å². The lowest BCUT2D eigenvalue weighted by molar-refractivity contribution is -0.145. The van der Waals surface area contributed by atoms with Crippen LogP contribution in [0, 0.1) is 0 Å². The average Bonchev–Trinajstić information content (AvgIpc) is 2.69. The van der Waals surface area contributed by atoms with Crippen LogP contribution in [-0.4, -0.2) is 41.0 Å². The fourth-order valence-electron chi connectivity index (χ4n) is 3.32. The Morgan fingerprint density at radius 2 is 1.48 bits per heavy atom. The minimum atomic E-state index is -0.936. The second-order valence-corrected chi connectivity index (χ2v) is 6.77. The molecule has 0 aliphatic carbocycles.